The number of fused-ring (bicyclic) bond motifs is 1. The molecule has 2 saturated heterocycles. The van der Waals surface area contributed by atoms with E-state index in [-0.39, 0.29) is 36.3 Å². The zero-order valence-corrected chi connectivity index (χ0v) is 19.9. The minimum absolute atomic E-state index is 0.0149. The zero-order chi connectivity index (χ0) is 23.4. The third kappa shape index (κ3) is 5.44. The SMILES string of the molecule is Cc1ccc2nc(NCCOCCO)c(C=C3SC(=S)N(CC4CCCO4)C3=O)c(=O)n2c1. The first kappa shape index (κ1) is 23.8. The van der Waals surface area contributed by atoms with Gasteiger partial charge in [-0.25, -0.2) is 4.98 Å². The van der Waals surface area contributed by atoms with E-state index in [1.54, 1.807) is 23.2 Å². The molecule has 1 amide bonds. The summed E-state index contributed by atoms with van der Waals surface area (Å²) in [5, 5.41) is 12.0. The van der Waals surface area contributed by atoms with Crippen LogP contribution in [-0.4, -0.2) is 75.2 Å². The average Bonchev–Trinajstić information content (AvgIpc) is 3.40. The molecule has 9 nitrogen and oxygen atoms in total. The summed E-state index contributed by atoms with van der Waals surface area (Å²) in [6, 6.07) is 3.65. The molecule has 0 saturated carbocycles. The summed E-state index contributed by atoms with van der Waals surface area (Å²) in [6.45, 7) is 3.90. The van der Waals surface area contributed by atoms with Gasteiger partial charge < -0.3 is 19.9 Å². The number of aryl methyl sites for hydroxylation is 1. The zero-order valence-electron chi connectivity index (χ0n) is 18.3. The van der Waals surface area contributed by atoms with E-state index in [9.17, 15) is 9.59 Å². The van der Waals surface area contributed by atoms with E-state index in [0.717, 1.165) is 18.4 Å². The minimum atomic E-state index is -0.285. The van der Waals surface area contributed by atoms with Gasteiger partial charge in [-0.2, -0.15) is 0 Å². The Balaban J connectivity index is 1.65. The number of rotatable bonds is 9. The van der Waals surface area contributed by atoms with Crippen LogP contribution in [0.2, 0.25) is 0 Å². The molecule has 0 spiro atoms. The smallest absolute Gasteiger partial charge is 0.267 e. The molecular formula is C22H26N4O5S2. The number of nitrogens with one attached hydrogen (secondary N) is 1. The lowest BCUT2D eigenvalue weighted by Gasteiger charge is -2.18. The van der Waals surface area contributed by atoms with Gasteiger partial charge in [0.15, 0.2) is 0 Å². The van der Waals surface area contributed by atoms with E-state index >= 15 is 0 Å². The highest BCUT2D eigenvalue weighted by Gasteiger charge is 2.35. The van der Waals surface area contributed by atoms with Crippen molar-refractivity contribution in [3.05, 3.63) is 44.7 Å². The highest BCUT2D eigenvalue weighted by molar-refractivity contribution is 8.26. The summed E-state index contributed by atoms with van der Waals surface area (Å²) >= 11 is 6.61. The molecule has 33 heavy (non-hydrogen) atoms. The molecule has 2 aromatic rings. The highest BCUT2D eigenvalue weighted by atomic mass is 32.2. The summed E-state index contributed by atoms with van der Waals surface area (Å²) < 4.78 is 12.9. The Kier molecular flexibility index (Phi) is 7.76. The van der Waals surface area contributed by atoms with E-state index in [4.69, 9.17) is 26.8 Å². The second kappa shape index (κ2) is 10.7. The number of amides is 1. The molecule has 1 atom stereocenters. The van der Waals surface area contributed by atoms with Crippen LogP contribution in [0.1, 0.15) is 24.0 Å². The van der Waals surface area contributed by atoms with E-state index in [1.807, 2.05) is 13.0 Å². The molecule has 2 aromatic heterocycles. The number of nitrogens with zero attached hydrogens (tertiary/aromatic N) is 3. The number of thioether (sulfide) groups is 1. The Morgan fingerprint density at radius 2 is 2.24 bits per heavy atom. The second-order valence-corrected chi connectivity index (χ2v) is 9.48. The van der Waals surface area contributed by atoms with Crippen LogP contribution in [0.3, 0.4) is 0 Å². The van der Waals surface area contributed by atoms with Crippen LogP contribution in [0.25, 0.3) is 11.7 Å². The van der Waals surface area contributed by atoms with Gasteiger partial charge >= 0.3 is 0 Å². The first-order chi connectivity index (χ1) is 16.0. The second-order valence-electron chi connectivity index (χ2n) is 7.80. The fourth-order valence-corrected chi connectivity index (χ4v) is 4.97. The molecule has 2 aliphatic heterocycles. The maximum atomic E-state index is 13.4. The third-order valence-corrected chi connectivity index (χ3v) is 6.72. The van der Waals surface area contributed by atoms with Gasteiger partial charge in [0.05, 0.1) is 42.9 Å². The predicted octanol–water partition coefficient (Wildman–Crippen LogP) is 1.80. The first-order valence-corrected chi connectivity index (χ1v) is 12.0. The Labute approximate surface area is 200 Å². The van der Waals surface area contributed by atoms with Crippen LogP contribution in [0.15, 0.2) is 28.0 Å². The minimum Gasteiger partial charge on any atom is -0.394 e. The Bertz CT molecular complexity index is 1140. The van der Waals surface area contributed by atoms with Crippen molar-refractivity contribution >= 4 is 51.7 Å². The van der Waals surface area contributed by atoms with Crippen LogP contribution in [0.4, 0.5) is 5.82 Å². The highest BCUT2D eigenvalue weighted by Crippen LogP contribution is 2.34. The van der Waals surface area contributed by atoms with Gasteiger partial charge in [-0.1, -0.05) is 30.0 Å². The maximum absolute atomic E-state index is 13.4. The molecule has 11 heteroatoms. The molecule has 4 rings (SSSR count). The first-order valence-electron chi connectivity index (χ1n) is 10.8. The molecule has 0 aliphatic carbocycles. The van der Waals surface area contributed by atoms with E-state index in [1.165, 1.54) is 16.2 Å². The van der Waals surface area contributed by atoms with Gasteiger partial charge in [-0.3, -0.25) is 18.9 Å². The Morgan fingerprint density at radius 3 is 3.00 bits per heavy atom. The summed E-state index contributed by atoms with van der Waals surface area (Å²) in [4.78, 5) is 33.0. The molecule has 2 aliphatic rings. The topological polar surface area (TPSA) is 105 Å². The fraction of sp³-hybridized carbons (Fsp3) is 0.455. The molecular weight excluding hydrogens is 464 g/mol. The van der Waals surface area contributed by atoms with Crippen molar-refractivity contribution in [1.82, 2.24) is 14.3 Å². The van der Waals surface area contributed by atoms with Crippen LogP contribution < -0.4 is 10.9 Å². The lowest BCUT2D eigenvalue weighted by molar-refractivity contribution is -0.123. The molecule has 2 N–H and O–H groups in total. The largest absolute Gasteiger partial charge is 0.394 e. The Morgan fingerprint density at radius 1 is 1.39 bits per heavy atom. The predicted molar refractivity (Wildman–Crippen MR) is 131 cm³/mol. The average molecular weight is 491 g/mol. The monoisotopic (exact) mass is 490 g/mol. The van der Waals surface area contributed by atoms with E-state index in [2.05, 4.69) is 10.3 Å². The van der Waals surface area contributed by atoms with Gasteiger partial charge in [0.2, 0.25) is 0 Å². The standard InChI is InChI=1S/C22H26N4O5S2/c1-14-4-5-18-24-19(23-6-9-30-10-7-27)16(20(28)25(18)12-14)11-17-21(29)26(22(32)33-17)13-15-3-2-8-31-15/h4-5,11-12,15,23,27H,2-3,6-10,13H2,1H3. The normalized spacial score (nSPS) is 19.9. The number of anilines is 1. The number of pyridine rings is 1. The number of hydrogen-bond donors (Lipinski definition) is 2. The summed E-state index contributed by atoms with van der Waals surface area (Å²) in [7, 11) is 0. The number of aliphatic hydroxyl groups is 1. The van der Waals surface area contributed by atoms with Crippen LogP contribution in [0.5, 0.6) is 0 Å². The van der Waals surface area contributed by atoms with Gasteiger partial charge in [0, 0.05) is 19.3 Å². The third-order valence-electron chi connectivity index (χ3n) is 5.34. The van der Waals surface area contributed by atoms with Crippen molar-refractivity contribution in [3.8, 4) is 0 Å². The molecule has 0 aromatic carbocycles. The Hall–Kier alpha value is -2.31. The number of thiocarbonyl (C=S) groups is 1. The maximum Gasteiger partial charge on any atom is 0.267 e. The van der Waals surface area contributed by atoms with Crippen molar-refractivity contribution < 1.29 is 19.4 Å². The molecule has 176 valence electrons. The van der Waals surface area contributed by atoms with Crippen molar-refractivity contribution in [1.29, 1.82) is 0 Å². The van der Waals surface area contributed by atoms with E-state index in [0.29, 0.717) is 47.0 Å². The number of ether oxygens (including phenoxy) is 2. The molecule has 0 bridgehead atoms. The van der Waals surface area contributed by atoms with Crippen LogP contribution >= 0.6 is 24.0 Å². The molecule has 1 unspecified atom stereocenters. The quantitative estimate of drug-likeness (QED) is 0.309. The van der Waals surface area contributed by atoms with Crippen molar-refractivity contribution in [3.63, 3.8) is 0 Å². The number of carbonyl (C=O) groups excluding carboxylic acids is 1. The number of carbonyl (C=O) groups is 1. The molecule has 0 radical (unpaired) electrons. The van der Waals surface area contributed by atoms with Gasteiger partial charge in [0.25, 0.3) is 11.5 Å². The number of hydrogen-bond acceptors (Lipinski definition) is 9. The van der Waals surface area contributed by atoms with Crippen LogP contribution in [-0.2, 0) is 14.3 Å². The lowest BCUT2D eigenvalue weighted by atomic mass is 10.2. The lowest BCUT2D eigenvalue weighted by Crippen LogP contribution is -2.35. The van der Waals surface area contributed by atoms with Crippen LogP contribution in [0, 0.1) is 6.92 Å². The summed E-state index contributed by atoms with van der Waals surface area (Å²) in [6.07, 6.45) is 5.15. The molecule has 2 fully saturated rings. The molecule has 4 heterocycles. The summed E-state index contributed by atoms with van der Waals surface area (Å²) in [5.41, 5.74) is 1.40. The van der Waals surface area contributed by atoms with Gasteiger partial charge in [0.1, 0.15) is 15.8 Å². The van der Waals surface area contributed by atoms with Crippen molar-refractivity contribution in [2.24, 2.45) is 0 Å². The van der Waals surface area contributed by atoms with Crippen molar-refractivity contribution in [2.45, 2.75) is 25.9 Å². The number of aromatic nitrogens is 2. The van der Waals surface area contributed by atoms with E-state index < -0.39 is 0 Å². The van der Waals surface area contributed by atoms with Crippen molar-refractivity contribution in [2.75, 3.05) is 44.8 Å². The number of aliphatic hydroxyl groups excluding tert-OH is 1. The summed E-state index contributed by atoms with van der Waals surface area (Å²) in [5.74, 6) is 0.132. The van der Waals surface area contributed by atoms with Gasteiger partial charge in [-0.05, 0) is 37.5 Å². The fourth-order valence-electron chi connectivity index (χ4n) is 3.71. The van der Waals surface area contributed by atoms with Gasteiger partial charge in [-0.15, -0.1) is 0 Å².